The standard InChI is InChI=1S/C10H14ClNO2/c1-2-13-6-7-14-10-8(11)4-3-5-9(10)12/h3-5H,2,6-7,12H2,1H3. The van der Waals surface area contributed by atoms with E-state index >= 15 is 0 Å². The molecule has 2 N–H and O–H groups in total. The number of rotatable bonds is 5. The summed E-state index contributed by atoms with van der Waals surface area (Å²) in [5.74, 6) is 0.536. The normalized spacial score (nSPS) is 10.1. The summed E-state index contributed by atoms with van der Waals surface area (Å²) in [5, 5.41) is 0.529. The van der Waals surface area contributed by atoms with Crippen LogP contribution in [0.1, 0.15) is 6.92 Å². The highest BCUT2D eigenvalue weighted by Crippen LogP contribution is 2.30. The molecule has 0 amide bonds. The van der Waals surface area contributed by atoms with Crippen molar-refractivity contribution in [2.75, 3.05) is 25.6 Å². The molecule has 1 aromatic carbocycles. The lowest BCUT2D eigenvalue weighted by Gasteiger charge is -2.09. The SMILES string of the molecule is CCOCCOc1c(N)cccc1Cl. The first kappa shape index (κ1) is 11.1. The van der Waals surface area contributed by atoms with E-state index in [2.05, 4.69) is 0 Å². The molecule has 0 saturated carbocycles. The maximum Gasteiger partial charge on any atom is 0.160 e. The molecule has 0 atom stereocenters. The van der Waals surface area contributed by atoms with E-state index in [9.17, 15) is 0 Å². The van der Waals surface area contributed by atoms with Gasteiger partial charge in [0.25, 0.3) is 0 Å². The van der Waals surface area contributed by atoms with Crippen LogP contribution in [0, 0.1) is 0 Å². The maximum atomic E-state index is 5.90. The average molecular weight is 216 g/mol. The number of hydrogen-bond acceptors (Lipinski definition) is 3. The predicted molar refractivity (Wildman–Crippen MR) is 57.9 cm³/mol. The van der Waals surface area contributed by atoms with Gasteiger partial charge in [-0.1, -0.05) is 17.7 Å². The molecule has 78 valence electrons. The second-order valence-corrected chi connectivity index (χ2v) is 3.11. The van der Waals surface area contributed by atoms with Gasteiger partial charge in [-0.15, -0.1) is 0 Å². The summed E-state index contributed by atoms with van der Waals surface area (Å²) in [6, 6.07) is 5.28. The Balaban J connectivity index is 2.49. The first-order valence-corrected chi connectivity index (χ1v) is 4.88. The molecule has 0 aromatic heterocycles. The van der Waals surface area contributed by atoms with Gasteiger partial charge in [0.05, 0.1) is 17.3 Å². The number of hydrogen-bond donors (Lipinski definition) is 1. The van der Waals surface area contributed by atoms with Crippen molar-refractivity contribution in [3.8, 4) is 5.75 Å². The molecule has 0 heterocycles. The van der Waals surface area contributed by atoms with Crippen LogP contribution in [0.5, 0.6) is 5.75 Å². The summed E-state index contributed by atoms with van der Waals surface area (Å²) in [5.41, 5.74) is 6.24. The van der Waals surface area contributed by atoms with Crippen molar-refractivity contribution in [1.29, 1.82) is 0 Å². The van der Waals surface area contributed by atoms with Gasteiger partial charge in [0.1, 0.15) is 6.61 Å². The fraction of sp³-hybridized carbons (Fsp3) is 0.400. The Morgan fingerprint density at radius 1 is 1.36 bits per heavy atom. The third kappa shape index (κ3) is 3.09. The third-order valence-electron chi connectivity index (χ3n) is 1.68. The zero-order valence-corrected chi connectivity index (χ0v) is 8.88. The first-order valence-electron chi connectivity index (χ1n) is 4.50. The lowest BCUT2D eigenvalue weighted by molar-refractivity contribution is 0.110. The van der Waals surface area contributed by atoms with Crippen LogP contribution in [0.4, 0.5) is 5.69 Å². The van der Waals surface area contributed by atoms with E-state index < -0.39 is 0 Å². The topological polar surface area (TPSA) is 44.5 Å². The van der Waals surface area contributed by atoms with Crippen molar-refractivity contribution in [3.63, 3.8) is 0 Å². The maximum absolute atomic E-state index is 5.90. The second-order valence-electron chi connectivity index (χ2n) is 2.70. The van der Waals surface area contributed by atoms with Gasteiger partial charge in [-0.3, -0.25) is 0 Å². The first-order chi connectivity index (χ1) is 6.75. The minimum Gasteiger partial charge on any atom is -0.487 e. The summed E-state index contributed by atoms with van der Waals surface area (Å²) in [4.78, 5) is 0. The Labute approximate surface area is 88.8 Å². The van der Waals surface area contributed by atoms with E-state index in [1.165, 1.54) is 0 Å². The Hall–Kier alpha value is -0.930. The summed E-state index contributed by atoms with van der Waals surface area (Å²) < 4.78 is 10.5. The van der Waals surface area contributed by atoms with Crippen molar-refractivity contribution in [2.24, 2.45) is 0 Å². The van der Waals surface area contributed by atoms with Crippen molar-refractivity contribution in [1.82, 2.24) is 0 Å². The molecule has 0 aliphatic carbocycles. The Bertz CT molecular complexity index is 271. The molecule has 0 aliphatic rings. The van der Waals surface area contributed by atoms with Gasteiger partial charge >= 0.3 is 0 Å². The van der Waals surface area contributed by atoms with Gasteiger partial charge in [-0.2, -0.15) is 0 Å². The molecule has 1 aromatic rings. The fourth-order valence-electron chi connectivity index (χ4n) is 1.02. The molecular weight excluding hydrogens is 202 g/mol. The highest BCUT2D eigenvalue weighted by molar-refractivity contribution is 6.32. The number of nitrogens with two attached hydrogens (primary N) is 1. The number of halogens is 1. The molecule has 4 heteroatoms. The molecule has 0 unspecified atom stereocenters. The Kier molecular flexibility index (Phi) is 4.56. The molecular formula is C10H14ClNO2. The average Bonchev–Trinajstić information content (AvgIpc) is 2.16. The number of benzene rings is 1. The zero-order chi connectivity index (χ0) is 10.4. The number of ether oxygens (including phenoxy) is 2. The minimum absolute atomic E-state index is 0.460. The van der Waals surface area contributed by atoms with Crippen LogP contribution < -0.4 is 10.5 Å². The van der Waals surface area contributed by atoms with Crippen LogP contribution in [0.15, 0.2) is 18.2 Å². The van der Waals surface area contributed by atoms with E-state index in [0.717, 1.165) is 0 Å². The summed E-state index contributed by atoms with van der Waals surface area (Å²) >= 11 is 5.90. The van der Waals surface area contributed by atoms with Crippen LogP contribution in [0.3, 0.4) is 0 Å². The summed E-state index contributed by atoms with van der Waals surface area (Å²) in [6.45, 7) is 3.62. The van der Waals surface area contributed by atoms with Crippen molar-refractivity contribution in [3.05, 3.63) is 23.2 Å². The highest BCUT2D eigenvalue weighted by Gasteiger charge is 2.04. The zero-order valence-electron chi connectivity index (χ0n) is 8.13. The lowest BCUT2D eigenvalue weighted by Crippen LogP contribution is -2.07. The van der Waals surface area contributed by atoms with Crippen LogP contribution in [0.2, 0.25) is 5.02 Å². The van der Waals surface area contributed by atoms with Gasteiger partial charge in [0.15, 0.2) is 5.75 Å². The van der Waals surface area contributed by atoms with Gasteiger partial charge < -0.3 is 15.2 Å². The van der Waals surface area contributed by atoms with E-state index in [-0.39, 0.29) is 0 Å². The van der Waals surface area contributed by atoms with Gasteiger partial charge in [0.2, 0.25) is 0 Å². The van der Waals surface area contributed by atoms with Crippen molar-refractivity contribution < 1.29 is 9.47 Å². The predicted octanol–water partition coefficient (Wildman–Crippen LogP) is 2.34. The molecule has 0 radical (unpaired) electrons. The molecule has 3 nitrogen and oxygen atoms in total. The molecule has 0 saturated heterocycles. The van der Waals surface area contributed by atoms with Crippen LogP contribution in [-0.2, 0) is 4.74 Å². The molecule has 0 aliphatic heterocycles. The second kappa shape index (κ2) is 5.73. The van der Waals surface area contributed by atoms with Crippen LogP contribution in [-0.4, -0.2) is 19.8 Å². The molecule has 1 rings (SSSR count). The van der Waals surface area contributed by atoms with Gasteiger partial charge in [-0.05, 0) is 19.1 Å². The number of nitrogen functional groups attached to an aromatic ring is 1. The third-order valence-corrected chi connectivity index (χ3v) is 1.97. The summed E-state index contributed by atoms with van der Waals surface area (Å²) in [7, 11) is 0. The van der Waals surface area contributed by atoms with Crippen LogP contribution >= 0.6 is 11.6 Å². The van der Waals surface area contributed by atoms with Crippen molar-refractivity contribution in [2.45, 2.75) is 6.92 Å². The van der Waals surface area contributed by atoms with Crippen molar-refractivity contribution >= 4 is 17.3 Å². The minimum atomic E-state index is 0.460. The number of para-hydroxylation sites is 1. The number of anilines is 1. The van der Waals surface area contributed by atoms with E-state index in [1.807, 2.05) is 6.92 Å². The Morgan fingerprint density at radius 2 is 2.14 bits per heavy atom. The highest BCUT2D eigenvalue weighted by atomic mass is 35.5. The van der Waals surface area contributed by atoms with Gasteiger partial charge in [0, 0.05) is 6.61 Å². The van der Waals surface area contributed by atoms with Gasteiger partial charge in [-0.25, -0.2) is 0 Å². The van der Waals surface area contributed by atoms with E-state index in [4.69, 9.17) is 26.8 Å². The van der Waals surface area contributed by atoms with E-state index in [0.29, 0.717) is 36.3 Å². The Morgan fingerprint density at radius 3 is 2.79 bits per heavy atom. The summed E-state index contributed by atoms with van der Waals surface area (Å²) in [6.07, 6.45) is 0. The quantitative estimate of drug-likeness (QED) is 0.606. The van der Waals surface area contributed by atoms with Crippen LogP contribution in [0.25, 0.3) is 0 Å². The monoisotopic (exact) mass is 215 g/mol. The molecule has 0 bridgehead atoms. The molecule has 0 spiro atoms. The van der Waals surface area contributed by atoms with E-state index in [1.54, 1.807) is 18.2 Å². The largest absolute Gasteiger partial charge is 0.487 e. The molecule has 14 heavy (non-hydrogen) atoms. The fourth-order valence-corrected chi connectivity index (χ4v) is 1.26. The smallest absolute Gasteiger partial charge is 0.160 e. The lowest BCUT2D eigenvalue weighted by atomic mass is 10.3. The molecule has 0 fully saturated rings.